The summed E-state index contributed by atoms with van der Waals surface area (Å²) >= 11 is 0. The lowest BCUT2D eigenvalue weighted by molar-refractivity contribution is -0.123. The fraction of sp³-hybridized carbons (Fsp3) is 0.192. The molecule has 0 unspecified atom stereocenters. The van der Waals surface area contributed by atoms with Gasteiger partial charge in [0, 0.05) is 35.0 Å². The molecule has 0 spiro atoms. The number of anilines is 1. The van der Waals surface area contributed by atoms with Crippen LogP contribution in [-0.4, -0.2) is 50.6 Å². The van der Waals surface area contributed by atoms with Crippen molar-refractivity contribution >= 4 is 33.5 Å². The van der Waals surface area contributed by atoms with Crippen molar-refractivity contribution in [3.8, 4) is 28.6 Å². The van der Waals surface area contributed by atoms with Gasteiger partial charge in [-0.2, -0.15) is 5.10 Å². The van der Waals surface area contributed by atoms with Crippen molar-refractivity contribution in [1.29, 1.82) is 0 Å². The Balaban J connectivity index is 1.40. The first-order chi connectivity index (χ1) is 17.8. The van der Waals surface area contributed by atoms with Gasteiger partial charge in [0.2, 0.25) is 5.91 Å². The van der Waals surface area contributed by atoms with Gasteiger partial charge in [-0.3, -0.25) is 24.4 Å². The fourth-order valence-electron chi connectivity index (χ4n) is 3.98. The second-order valence-electron chi connectivity index (χ2n) is 9.89. The molecule has 0 bridgehead atoms. The van der Waals surface area contributed by atoms with Crippen LogP contribution in [0.2, 0.25) is 0 Å². The predicted octanol–water partition coefficient (Wildman–Crippen LogP) is 4.44. The maximum absolute atomic E-state index is 12.4. The smallest absolute Gasteiger partial charge is 0.229 e. The predicted molar refractivity (Wildman–Crippen MR) is 140 cm³/mol. The standard InChI is InChI=1S/C26H24N10O/c1-14-12-36(13-30-14)24-22-18(5-6-28-24)32-23(33-22)21-17-8-19(29-11-20(17)34-35-21)15-7-16(10-27-9-15)31-25(37)26(2,3)4/h5-13H,1-4H3,(H,31,37)(H,32,33)(H,34,35). The highest BCUT2D eigenvalue weighted by atomic mass is 16.2. The molecule has 0 aliphatic rings. The first-order valence-electron chi connectivity index (χ1n) is 11.7. The van der Waals surface area contributed by atoms with E-state index in [1.54, 1.807) is 31.1 Å². The van der Waals surface area contributed by atoms with Gasteiger partial charge in [-0.1, -0.05) is 20.8 Å². The largest absolute Gasteiger partial charge is 0.336 e. The van der Waals surface area contributed by atoms with E-state index in [9.17, 15) is 4.79 Å². The van der Waals surface area contributed by atoms with Crippen molar-refractivity contribution in [3.63, 3.8) is 0 Å². The van der Waals surface area contributed by atoms with Crippen molar-refractivity contribution in [2.45, 2.75) is 27.7 Å². The van der Waals surface area contributed by atoms with Gasteiger partial charge in [0.15, 0.2) is 11.6 Å². The van der Waals surface area contributed by atoms with Gasteiger partial charge < -0.3 is 10.3 Å². The number of rotatable bonds is 4. The summed E-state index contributed by atoms with van der Waals surface area (Å²) in [5.74, 6) is 1.20. The molecule has 11 nitrogen and oxygen atoms in total. The Labute approximate surface area is 211 Å². The van der Waals surface area contributed by atoms with E-state index in [4.69, 9.17) is 4.98 Å². The highest BCUT2D eigenvalue weighted by molar-refractivity contribution is 5.96. The number of amides is 1. The molecule has 184 valence electrons. The number of nitrogens with one attached hydrogen (secondary N) is 3. The lowest BCUT2D eigenvalue weighted by atomic mass is 9.95. The number of carbonyl (C=O) groups is 1. The van der Waals surface area contributed by atoms with Crippen molar-refractivity contribution in [2.75, 3.05) is 5.32 Å². The van der Waals surface area contributed by atoms with Crippen molar-refractivity contribution < 1.29 is 4.79 Å². The summed E-state index contributed by atoms with van der Waals surface area (Å²) in [5, 5.41) is 11.3. The van der Waals surface area contributed by atoms with E-state index in [2.05, 4.69) is 40.4 Å². The van der Waals surface area contributed by atoms with Crippen molar-refractivity contribution in [2.24, 2.45) is 5.41 Å². The van der Waals surface area contributed by atoms with Gasteiger partial charge in [0.05, 0.1) is 40.5 Å². The number of aromatic amines is 2. The summed E-state index contributed by atoms with van der Waals surface area (Å²) in [6, 6.07) is 5.67. The maximum atomic E-state index is 12.4. The number of pyridine rings is 3. The summed E-state index contributed by atoms with van der Waals surface area (Å²) in [5.41, 5.74) is 5.44. The molecule has 0 saturated carbocycles. The van der Waals surface area contributed by atoms with Crippen LogP contribution in [0.5, 0.6) is 0 Å². The van der Waals surface area contributed by atoms with Gasteiger partial charge >= 0.3 is 0 Å². The number of hydrogen-bond donors (Lipinski definition) is 3. The maximum Gasteiger partial charge on any atom is 0.229 e. The van der Waals surface area contributed by atoms with Crippen LogP contribution >= 0.6 is 0 Å². The minimum absolute atomic E-state index is 0.0865. The molecule has 0 atom stereocenters. The Kier molecular flexibility index (Phi) is 5.07. The topological polar surface area (TPSA) is 143 Å². The zero-order valence-electron chi connectivity index (χ0n) is 20.7. The summed E-state index contributed by atoms with van der Waals surface area (Å²) in [6.45, 7) is 7.52. The molecule has 0 aliphatic carbocycles. The van der Waals surface area contributed by atoms with E-state index in [0.29, 0.717) is 34.2 Å². The second kappa shape index (κ2) is 8.33. The van der Waals surface area contributed by atoms with Crippen molar-refractivity contribution in [1.82, 2.24) is 44.7 Å². The fourth-order valence-corrected chi connectivity index (χ4v) is 3.98. The monoisotopic (exact) mass is 492 g/mol. The van der Waals surface area contributed by atoms with Crippen LogP contribution < -0.4 is 5.32 Å². The van der Waals surface area contributed by atoms with E-state index < -0.39 is 5.41 Å². The van der Waals surface area contributed by atoms with Crippen molar-refractivity contribution in [3.05, 3.63) is 61.2 Å². The summed E-state index contributed by atoms with van der Waals surface area (Å²) < 4.78 is 1.85. The molecular formula is C26H24N10O. The summed E-state index contributed by atoms with van der Waals surface area (Å²) in [6.07, 6.45) is 10.4. The number of H-pyrrole nitrogens is 2. The Hall–Kier alpha value is -4.93. The normalized spacial score (nSPS) is 11.9. The third-order valence-corrected chi connectivity index (χ3v) is 5.98. The molecule has 0 radical (unpaired) electrons. The van der Waals surface area contributed by atoms with Crippen LogP contribution in [0.3, 0.4) is 0 Å². The first kappa shape index (κ1) is 22.5. The van der Waals surface area contributed by atoms with E-state index in [0.717, 1.165) is 27.7 Å². The first-order valence-corrected chi connectivity index (χ1v) is 11.7. The zero-order valence-corrected chi connectivity index (χ0v) is 20.7. The Morgan fingerprint density at radius 2 is 1.92 bits per heavy atom. The molecule has 0 saturated heterocycles. The molecule has 3 N–H and O–H groups in total. The molecular weight excluding hydrogens is 468 g/mol. The molecule has 11 heteroatoms. The van der Waals surface area contributed by atoms with Gasteiger partial charge in [-0.05, 0) is 25.1 Å². The number of aryl methyl sites for hydroxylation is 1. The number of fused-ring (bicyclic) bond motifs is 2. The molecule has 0 fully saturated rings. The highest BCUT2D eigenvalue weighted by Gasteiger charge is 2.22. The van der Waals surface area contributed by atoms with Gasteiger partial charge in [0.25, 0.3) is 0 Å². The molecule has 37 heavy (non-hydrogen) atoms. The Morgan fingerprint density at radius 3 is 2.70 bits per heavy atom. The molecule has 0 aliphatic heterocycles. The lowest BCUT2D eigenvalue weighted by Crippen LogP contribution is -2.27. The number of hydrogen-bond acceptors (Lipinski definition) is 7. The van der Waals surface area contributed by atoms with Crippen LogP contribution in [0.15, 0.2) is 55.5 Å². The molecule has 6 aromatic heterocycles. The minimum atomic E-state index is -0.516. The molecule has 1 amide bonds. The number of nitrogens with zero attached hydrogens (tertiary/aromatic N) is 7. The Bertz CT molecular complexity index is 1790. The van der Waals surface area contributed by atoms with Crippen LogP contribution in [0.25, 0.3) is 50.5 Å². The number of aromatic nitrogens is 9. The highest BCUT2D eigenvalue weighted by Crippen LogP contribution is 2.30. The van der Waals surface area contributed by atoms with Crippen LogP contribution in [-0.2, 0) is 4.79 Å². The quantitative estimate of drug-likeness (QED) is 0.330. The van der Waals surface area contributed by atoms with Gasteiger partial charge in [0.1, 0.15) is 17.5 Å². The van der Waals surface area contributed by atoms with Gasteiger partial charge in [-0.25, -0.2) is 15.0 Å². The molecule has 6 heterocycles. The third kappa shape index (κ3) is 4.10. The number of carbonyl (C=O) groups excluding carboxylic acids is 1. The summed E-state index contributed by atoms with van der Waals surface area (Å²) in [4.78, 5) is 38.3. The van der Waals surface area contributed by atoms with E-state index in [-0.39, 0.29) is 5.91 Å². The van der Waals surface area contributed by atoms with Gasteiger partial charge in [-0.15, -0.1) is 0 Å². The second-order valence-corrected chi connectivity index (χ2v) is 9.89. The Morgan fingerprint density at radius 1 is 1.05 bits per heavy atom. The average Bonchev–Trinajstić information content (AvgIpc) is 3.60. The zero-order chi connectivity index (χ0) is 25.7. The third-order valence-electron chi connectivity index (χ3n) is 5.98. The summed E-state index contributed by atoms with van der Waals surface area (Å²) in [7, 11) is 0. The van der Waals surface area contributed by atoms with Crippen LogP contribution in [0, 0.1) is 12.3 Å². The van der Waals surface area contributed by atoms with Crippen LogP contribution in [0.1, 0.15) is 26.5 Å². The van der Waals surface area contributed by atoms with E-state index in [1.807, 2.05) is 56.7 Å². The SMILES string of the molecule is Cc1cn(-c2nccc3[nH]c(-c4n[nH]c5cnc(-c6cncc(NC(=O)C(C)(C)C)c6)cc45)nc23)cn1. The minimum Gasteiger partial charge on any atom is -0.336 e. The van der Waals surface area contributed by atoms with Crippen LogP contribution in [0.4, 0.5) is 5.69 Å². The molecule has 6 rings (SSSR count). The average molecular weight is 493 g/mol. The van der Waals surface area contributed by atoms with E-state index >= 15 is 0 Å². The number of imidazole rings is 2. The lowest BCUT2D eigenvalue weighted by Gasteiger charge is -2.17. The molecule has 0 aromatic carbocycles. The van der Waals surface area contributed by atoms with E-state index in [1.165, 1.54) is 0 Å². The molecule has 6 aromatic rings.